The van der Waals surface area contributed by atoms with E-state index in [9.17, 15) is 14.9 Å². The minimum atomic E-state index is -1.06. The van der Waals surface area contributed by atoms with Gasteiger partial charge in [-0.2, -0.15) is 0 Å². The van der Waals surface area contributed by atoms with Crippen LogP contribution in [-0.4, -0.2) is 28.6 Å². The zero-order valence-electron chi connectivity index (χ0n) is 12.1. The highest BCUT2D eigenvalue weighted by Crippen LogP contribution is 2.34. The van der Waals surface area contributed by atoms with Crippen molar-refractivity contribution >= 4 is 17.3 Å². The molecule has 6 heteroatoms. The number of benzene rings is 1. The van der Waals surface area contributed by atoms with Gasteiger partial charge < -0.3 is 10.0 Å². The molecule has 2 rings (SSSR count). The van der Waals surface area contributed by atoms with Crippen LogP contribution in [0.15, 0.2) is 18.2 Å². The van der Waals surface area contributed by atoms with Crippen molar-refractivity contribution in [3.8, 4) is 0 Å². The van der Waals surface area contributed by atoms with Crippen molar-refractivity contribution in [2.24, 2.45) is 0 Å². The Balaban J connectivity index is 2.49. The highest BCUT2D eigenvalue weighted by molar-refractivity contribution is 5.90. The smallest absolute Gasteiger partial charge is 0.335 e. The number of rotatable bonds is 4. The van der Waals surface area contributed by atoms with Gasteiger partial charge in [0.2, 0.25) is 0 Å². The van der Waals surface area contributed by atoms with Gasteiger partial charge in [0.1, 0.15) is 5.69 Å². The molecule has 0 aromatic heterocycles. The minimum absolute atomic E-state index is 0.0136. The number of carboxylic acid groups (broad SMARTS) is 1. The summed E-state index contributed by atoms with van der Waals surface area (Å²) in [5, 5.41) is 20.4. The Morgan fingerprint density at radius 3 is 2.81 bits per heavy atom. The second-order valence-corrected chi connectivity index (χ2v) is 5.37. The van der Waals surface area contributed by atoms with E-state index in [4.69, 9.17) is 5.11 Å². The van der Waals surface area contributed by atoms with Crippen LogP contribution < -0.4 is 4.90 Å². The number of nitro benzene ring substituents is 1. The molecule has 0 saturated carbocycles. The number of nitro groups is 1. The Hall–Kier alpha value is -2.11. The zero-order valence-corrected chi connectivity index (χ0v) is 12.1. The molecule has 1 saturated heterocycles. The maximum atomic E-state index is 11.3. The Morgan fingerprint density at radius 2 is 2.19 bits per heavy atom. The molecule has 1 aromatic carbocycles. The first-order valence-electron chi connectivity index (χ1n) is 7.33. The van der Waals surface area contributed by atoms with Crippen LogP contribution in [0.25, 0.3) is 0 Å². The van der Waals surface area contributed by atoms with Crippen LogP contribution in [0.4, 0.5) is 11.4 Å². The standard InChI is InChI=1S/C15H20N2O4/c1-2-12-6-4-3-5-9-16(12)14-10-11(15(18)19)7-8-13(14)17(20)21/h7-8,10,12H,2-6,9H2,1H3,(H,18,19). The fourth-order valence-electron chi connectivity index (χ4n) is 2.96. The number of carboxylic acids is 1. The van der Waals surface area contributed by atoms with Gasteiger partial charge >= 0.3 is 5.97 Å². The molecule has 1 atom stereocenters. The van der Waals surface area contributed by atoms with E-state index < -0.39 is 10.9 Å². The van der Waals surface area contributed by atoms with Crippen molar-refractivity contribution in [2.75, 3.05) is 11.4 Å². The van der Waals surface area contributed by atoms with Crippen LogP contribution in [0.5, 0.6) is 0 Å². The third-order valence-corrected chi connectivity index (χ3v) is 4.08. The highest BCUT2D eigenvalue weighted by atomic mass is 16.6. The van der Waals surface area contributed by atoms with E-state index in [0.717, 1.165) is 38.6 Å². The van der Waals surface area contributed by atoms with Gasteiger partial charge in [-0.15, -0.1) is 0 Å². The van der Waals surface area contributed by atoms with E-state index in [-0.39, 0.29) is 17.3 Å². The maximum absolute atomic E-state index is 11.3. The molecule has 114 valence electrons. The molecule has 1 heterocycles. The summed E-state index contributed by atoms with van der Waals surface area (Å²) in [5.41, 5.74) is 0.517. The minimum Gasteiger partial charge on any atom is -0.478 e. The van der Waals surface area contributed by atoms with E-state index in [1.807, 2.05) is 4.90 Å². The molecular weight excluding hydrogens is 272 g/mol. The van der Waals surface area contributed by atoms with Crippen LogP contribution in [0.2, 0.25) is 0 Å². The molecule has 0 bridgehead atoms. The number of anilines is 1. The van der Waals surface area contributed by atoms with Crippen LogP contribution >= 0.6 is 0 Å². The topological polar surface area (TPSA) is 83.7 Å². The molecule has 0 radical (unpaired) electrons. The lowest BCUT2D eigenvalue weighted by Crippen LogP contribution is -2.35. The maximum Gasteiger partial charge on any atom is 0.335 e. The largest absolute Gasteiger partial charge is 0.478 e. The summed E-state index contributed by atoms with van der Waals surface area (Å²) in [5.74, 6) is -1.06. The van der Waals surface area contributed by atoms with E-state index in [1.165, 1.54) is 18.2 Å². The molecule has 1 aromatic rings. The molecule has 6 nitrogen and oxygen atoms in total. The fraction of sp³-hybridized carbons (Fsp3) is 0.533. The Bertz CT molecular complexity index is 544. The molecular formula is C15H20N2O4. The zero-order chi connectivity index (χ0) is 15.4. The fourth-order valence-corrected chi connectivity index (χ4v) is 2.96. The van der Waals surface area contributed by atoms with Crippen molar-refractivity contribution in [1.29, 1.82) is 0 Å². The first kappa shape index (κ1) is 15.3. The Morgan fingerprint density at radius 1 is 1.43 bits per heavy atom. The molecule has 1 N–H and O–H groups in total. The lowest BCUT2D eigenvalue weighted by atomic mass is 10.1. The second kappa shape index (κ2) is 6.56. The third kappa shape index (κ3) is 3.32. The molecule has 1 aliphatic rings. The number of hydrogen-bond acceptors (Lipinski definition) is 4. The first-order valence-corrected chi connectivity index (χ1v) is 7.33. The van der Waals surface area contributed by atoms with Crippen LogP contribution in [-0.2, 0) is 0 Å². The van der Waals surface area contributed by atoms with Gasteiger partial charge in [-0.05, 0) is 31.4 Å². The van der Waals surface area contributed by atoms with Crippen molar-refractivity contribution in [2.45, 2.75) is 45.1 Å². The SMILES string of the molecule is CCC1CCCCCN1c1cc(C(=O)O)ccc1[N+](=O)[O-]. The van der Waals surface area contributed by atoms with Crippen molar-refractivity contribution in [3.05, 3.63) is 33.9 Å². The average Bonchev–Trinajstić information content (AvgIpc) is 2.71. The van der Waals surface area contributed by atoms with Crippen molar-refractivity contribution in [1.82, 2.24) is 0 Å². The number of hydrogen-bond donors (Lipinski definition) is 1. The molecule has 0 spiro atoms. The van der Waals surface area contributed by atoms with Crippen molar-refractivity contribution < 1.29 is 14.8 Å². The summed E-state index contributed by atoms with van der Waals surface area (Å²) in [6.07, 6.45) is 5.09. The summed E-state index contributed by atoms with van der Waals surface area (Å²) in [6, 6.07) is 4.27. The monoisotopic (exact) mass is 292 g/mol. The highest BCUT2D eigenvalue weighted by Gasteiger charge is 2.27. The van der Waals surface area contributed by atoms with Crippen LogP contribution in [0.1, 0.15) is 49.4 Å². The van der Waals surface area contributed by atoms with Gasteiger partial charge in [0.25, 0.3) is 5.69 Å². The molecule has 0 aliphatic carbocycles. The number of carbonyl (C=O) groups is 1. The van der Waals surface area contributed by atoms with Crippen LogP contribution in [0.3, 0.4) is 0 Å². The Labute approximate surface area is 123 Å². The summed E-state index contributed by atoms with van der Waals surface area (Å²) in [4.78, 5) is 24.0. The molecule has 0 amide bonds. The summed E-state index contributed by atoms with van der Waals surface area (Å²) in [6.45, 7) is 2.80. The molecule has 1 fully saturated rings. The summed E-state index contributed by atoms with van der Waals surface area (Å²) in [7, 11) is 0. The predicted molar refractivity (Wildman–Crippen MR) is 79.9 cm³/mol. The van der Waals surface area contributed by atoms with Gasteiger partial charge in [0.15, 0.2) is 0 Å². The normalized spacial score (nSPS) is 19.1. The van der Waals surface area contributed by atoms with Crippen LogP contribution in [0, 0.1) is 10.1 Å². The molecule has 1 unspecified atom stereocenters. The molecule has 1 aliphatic heterocycles. The summed E-state index contributed by atoms with van der Waals surface area (Å²) >= 11 is 0. The van der Waals surface area contributed by atoms with Gasteiger partial charge in [0.05, 0.1) is 10.5 Å². The Kier molecular flexibility index (Phi) is 4.77. The van der Waals surface area contributed by atoms with E-state index in [2.05, 4.69) is 6.92 Å². The first-order chi connectivity index (χ1) is 10.0. The molecule has 21 heavy (non-hydrogen) atoms. The van der Waals surface area contributed by atoms with Gasteiger partial charge in [-0.3, -0.25) is 10.1 Å². The lowest BCUT2D eigenvalue weighted by Gasteiger charge is -2.31. The third-order valence-electron chi connectivity index (χ3n) is 4.08. The second-order valence-electron chi connectivity index (χ2n) is 5.37. The van der Waals surface area contributed by atoms with E-state index >= 15 is 0 Å². The average molecular weight is 292 g/mol. The van der Waals surface area contributed by atoms with Gasteiger partial charge in [-0.25, -0.2) is 4.79 Å². The summed E-state index contributed by atoms with van der Waals surface area (Å²) < 4.78 is 0. The number of aromatic carboxylic acids is 1. The van der Waals surface area contributed by atoms with Gasteiger partial charge in [-0.1, -0.05) is 19.8 Å². The van der Waals surface area contributed by atoms with Gasteiger partial charge in [0, 0.05) is 18.7 Å². The predicted octanol–water partition coefficient (Wildman–Crippen LogP) is 3.45. The number of nitrogens with zero attached hydrogens (tertiary/aromatic N) is 2. The van der Waals surface area contributed by atoms with E-state index in [0.29, 0.717) is 5.69 Å². The van der Waals surface area contributed by atoms with Crippen molar-refractivity contribution in [3.63, 3.8) is 0 Å². The van der Waals surface area contributed by atoms with E-state index in [1.54, 1.807) is 0 Å². The quantitative estimate of drug-likeness (QED) is 0.678. The lowest BCUT2D eigenvalue weighted by molar-refractivity contribution is -0.384.